The highest BCUT2D eigenvalue weighted by atomic mass is 35.5. The molecule has 0 spiro atoms. The Morgan fingerprint density at radius 3 is 2.81 bits per heavy atom. The van der Waals surface area contributed by atoms with Crippen molar-refractivity contribution in [3.8, 4) is 0 Å². The van der Waals surface area contributed by atoms with Crippen LogP contribution in [-0.4, -0.2) is 5.91 Å². The zero-order valence-electron chi connectivity index (χ0n) is 8.66. The number of carbonyl (C=O) groups is 1. The summed E-state index contributed by atoms with van der Waals surface area (Å²) in [6, 6.07) is 7.05. The molecule has 4 heteroatoms. The average molecular weight is 236 g/mol. The molecule has 0 saturated heterocycles. The molecule has 82 valence electrons. The van der Waals surface area contributed by atoms with Gasteiger partial charge in [-0.15, -0.1) is 0 Å². The number of furan rings is 1. The molecular weight excluding hydrogens is 226 g/mol. The van der Waals surface area contributed by atoms with Crippen molar-refractivity contribution in [1.29, 1.82) is 0 Å². The van der Waals surface area contributed by atoms with Gasteiger partial charge in [0.05, 0.1) is 22.5 Å². The fraction of sp³-hybridized carbons (Fsp3) is 0.0833. The summed E-state index contributed by atoms with van der Waals surface area (Å²) in [4.78, 5) is 11.7. The van der Waals surface area contributed by atoms with Crippen molar-refractivity contribution in [3.63, 3.8) is 0 Å². The molecule has 0 fully saturated rings. The van der Waals surface area contributed by atoms with E-state index in [-0.39, 0.29) is 5.91 Å². The van der Waals surface area contributed by atoms with Crippen LogP contribution in [0.2, 0.25) is 5.02 Å². The number of hydrogen-bond acceptors (Lipinski definition) is 2. The molecular formula is C12H10ClNO2. The van der Waals surface area contributed by atoms with Gasteiger partial charge in [-0.25, -0.2) is 0 Å². The van der Waals surface area contributed by atoms with E-state index in [9.17, 15) is 4.79 Å². The summed E-state index contributed by atoms with van der Waals surface area (Å²) in [5.41, 5.74) is 2.11. The first kappa shape index (κ1) is 10.8. The zero-order chi connectivity index (χ0) is 11.5. The first-order valence-corrected chi connectivity index (χ1v) is 5.14. The number of anilines is 1. The van der Waals surface area contributed by atoms with Crippen molar-refractivity contribution in [2.75, 3.05) is 5.32 Å². The lowest BCUT2D eigenvalue weighted by atomic mass is 10.2. The minimum atomic E-state index is -0.237. The van der Waals surface area contributed by atoms with Crippen LogP contribution in [0.3, 0.4) is 0 Å². The lowest BCUT2D eigenvalue weighted by molar-refractivity contribution is 0.102. The monoisotopic (exact) mass is 235 g/mol. The molecule has 2 rings (SSSR count). The highest BCUT2D eigenvalue weighted by molar-refractivity contribution is 6.34. The van der Waals surface area contributed by atoms with Gasteiger partial charge >= 0.3 is 0 Å². The molecule has 1 aromatic carbocycles. The summed E-state index contributed by atoms with van der Waals surface area (Å²) in [5, 5.41) is 3.23. The Labute approximate surface area is 98.0 Å². The fourth-order valence-corrected chi connectivity index (χ4v) is 1.59. The van der Waals surface area contributed by atoms with Crippen molar-refractivity contribution in [3.05, 3.63) is 52.9 Å². The Kier molecular flexibility index (Phi) is 2.97. The maximum absolute atomic E-state index is 11.7. The predicted octanol–water partition coefficient (Wildman–Crippen LogP) is 3.49. The number of amides is 1. The highest BCUT2D eigenvalue weighted by Gasteiger charge is 2.09. The van der Waals surface area contributed by atoms with Crippen LogP contribution in [0, 0.1) is 6.92 Å². The van der Waals surface area contributed by atoms with Crippen LogP contribution in [0.25, 0.3) is 0 Å². The molecule has 0 saturated carbocycles. The topological polar surface area (TPSA) is 42.2 Å². The quantitative estimate of drug-likeness (QED) is 0.866. The molecule has 16 heavy (non-hydrogen) atoms. The number of carbonyl (C=O) groups excluding carboxylic acids is 1. The van der Waals surface area contributed by atoms with Crippen LogP contribution < -0.4 is 5.32 Å². The van der Waals surface area contributed by atoms with Crippen molar-refractivity contribution >= 4 is 23.2 Å². The van der Waals surface area contributed by atoms with Crippen LogP contribution in [0.5, 0.6) is 0 Å². The third kappa shape index (κ3) is 2.25. The molecule has 0 atom stereocenters. The second kappa shape index (κ2) is 4.41. The molecule has 0 aliphatic heterocycles. The van der Waals surface area contributed by atoms with E-state index in [1.54, 1.807) is 18.2 Å². The third-order valence-electron chi connectivity index (χ3n) is 2.16. The van der Waals surface area contributed by atoms with E-state index in [1.165, 1.54) is 12.5 Å². The van der Waals surface area contributed by atoms with Crippen LogP contribution in [0.1, 0.15) is 15.9 Å². The van der Waals surface area contributed by atoms with E-state index in [2.05, 4.69) is 5.32 Å². The number of rotatable bonds is 2. The average Bonchev–Trinajstić information content (AvgIpc) is 2.75. The molecule has 0 bridgehead atoms. The van der Waals surface area contributed by atoms with Crippen LogP contribution in [-0.2, 0) is 0 Å². The molecule has 1 amide bonds. The van der Waals surface area contributed by atoms with Crippen molar-refractivity contribution in [2.24, 2.45) is 0 Å². The Balaban J connectivity index is 2.18. The van der Waals surface area contributed by atoms with Crippen molar-refractivity contribution < 1.29 is 9.21 Å². The predicted molar refractivity (Wildman–Crippen MR) is 62.9 cm³/mol. The number of nitrogens with one attached hydrogen (secondary N) is 1. The van der Waals surface area contributed by atoms with Gasteiger partial charge in [0.2, 0.25) is 0 Å². The van der Waals surface area contributed by atoms with Crippen molar-refractivity contribution in [2.45, 2.75) is 6.92 Å². The highest BCUT2D eigenvalue weighted by Crippen LogP contribution is 2.23. The molecule has 2 aromatic rings. The van der Waals surface area contributed by atoms with Gasteiger partial charge in [-0.1, -0.05) is 17.7 Å². The largest absolute Gasteiger partial charge is 0.472 e. The van der Waals surface area contributed by atoms with E-state index in [1.807, 2.05) is 13.0 Å². The van der Waals surface area contributed by atoms with Gasteiger partial charge in [0.1, 0.15) is 6.26 Å². The maximum Gasteiger partial charge on any atom is 0.258 e. The van der Waals surface area contributed by atoms with Gasteiger partial charge in [0, 0.05) is 0 Å². The number of halogens is 1. The fourth-order valence-electron chi connectivity index (χ4n) is 1.31. The summed E-state index contributed by atoms with van der Waals surface area (Å²) < 4.78 is 4.83. The molecule has 0 aliphatic rings. The summed E-state index contributed by atoms with van der Waals surface area (Å²) in [6.45, 7) is 1.94. The van der Waals surface area contributed by atoms with E-state index in [0.717, 1.165) is 5.56 Å². The summed E-state index contributed by atoms with van der Waals surface area (Å²) in [6.07, 6.45) is 2.84. The third-order valence-corrected chi connectivity index (χ3v) is 2.47. The lowest BCUT2D eigenvalue weighted by Gasteiger charge is -2.06. The molecule has 1 N–H and O–H groups in total. The Hall–Kier alpha value is -1.74. The molecule has 1 aromatic heterocycles. The first-order chi connectivity index (χ1) is 7.66. The Morgan fingerprint density at radius 1 is 1.38 bits per heavy atom. The minimum Gasteiger partial charge on any atom is -0.472 e. The second-order valence-corrected chi connectivity index (χ2v) is 3.86. The summed E-state index contributed by atoms with van der Waals surface area (Å²) in [5.74, 6) is -0.237. The van der Waals surface area contributed by atoms with Gasteiger partial charge in [0.15, 0.2) is 0 Å². The van der Waals surface area contributed by atoms with E-state index in [0.29, 0.717) is 16.3 Å². The van der Waals surface area contributed by atoms with Gasteiger partial charge < -0.3 is 9.73 Å². The molecule has 3 nitrogen and oxygen atoms in total. The number of hydrogen-bond donors (Lipinski definition) is 1. The van der Waals surface area contributed by atoms with Gasteiger partial charge in [-0.3, -0.25) is 4.79 Å². The molecule has 1 heterocycles. The van der Waals surface area contributed by atoms with Gasteiger partial charge in [-0.05, 0) is 30.7 Å². The molecule has 0 aliphatic carbocycles. The van der Waals surface area contributed by atoms with E-state index < -0.39 is 0 Å². The number of benzene rings is 1. The van der Waals surface area contributed by atoms with E-state index >= 15 is 0 Å². The van der Waals surface area contributed by atoms with Crippen LogP contribution >= 0.6 is 11.6 Å². The lowest BCUT2D eigenvalue weighted by Crippen LogP contribution is -2.11. The summed E-state index contributed by atoms with van der Waals surface area (Å²) in [7, 11) is 0. The van der Waals surface area contributed by atoms with Crippen molar-refractivity contribution in [1.82, 2.24) is 0 Å². The minimum absolute atomic E-state index is 0.237. The first-order valence-electron chi connectivity index (χ1n) is 4.76. The Morgan fingerprint density at radius 2 is 2.19 bits per heavy atom. The molecule has 0 radical (unpaired) electrons. The SMILES string of the molecule is Cc1ccc(NC(=O)c2ccoc2)c(Cl)c1. The maximum atomic E-state index is 11.7. The van der Waals surface area contributed by atoms with Gasteiger partial charge in [-0.2, -0.15) is 0 Å². The van der Waals surface area contributed by atoms with Crippen LogP contribution in [0.4, 0.5) is 5.69 Å². The van der Waals surface area contributed by atoms with Crippen LogP contribution in [0.15, 0.2) is 41.2 Å². The van der Waals surface area contributed by atoms with E-state index in [4.69, 9.17) is 16.0 Å². The summed E-state index contributed by atoms with van der Waals surface area (Å²) >= 11 is 6.00. The standard InChI is InChI=1S/C12H10ClNO2/c1-8-2-3-11(10(13)6-8)14-12(15)9-4-5-16-7-9/h2-7H,1H3,(H,14,15). The number of aryl methyl sites for hydroxylation is 1. The molecule has 0 unspecified atom stereocenters. The normalized spacial score (nSPS) is 10.1. The smallest absolute Gasteiger partial charge is 0.258 e. The second-order valence-electron chi connectivity index (χ2n) is 3.45. The zero-order valence-corrected chi connectivity index (χ0v) is 9.41. The Bertz CT molecular complexity index is 506. The van der Waals surface area contributed by atoms with Gasteiger partial charge in [0.25, 0.3) is 5.91 Å².